The van der Waals surface area contributed by atoms with Crippen LogP contribution in [0.15, 0.2) is 24.3 Å². The molecule has 18 heavy (non-hydrogen) atoms. The van der Waals surface area contributed by atoms with Crippen LogP contribution in [-0.2, 0) is 11.2 Å². The Bertz CT molecular complexity index is 398. The van der Waals surface area contributed by atoms with Crippen LogP contribution in [0.3, 0.4) is 0 Å². The zero-order valence-corrected chi connectivity index (χ0v) is 11.6. The molecular weight excluding hydrogens is 254 g/mol. The number of benzene rings is 1. The summed E-state index contributed by atoms with van der Waals surface area (Å²) in [5.74, 6) is 0.823. The fourth-order valence-electron chi connectivity index (χ4n) is 1.66. The summed E-state index contributed by atoms with van der Waals surface area (Å²) in [7, 11) is 3.32. The number of carbonyl (C=O) groups is 1. The molecule has 0 heterocycles. The zero-order valence-electron chi connectivity index (χ0n) is 10.9. The van der Waals surface area contributed by atoms with E-state index >= 15 is 0 Å². The Labute approximate surface area is 112 Å². The summed E-state index contributed by atoms with van der Waals surface area (Å²) in [6.07, 6.45) is 0.269. The van der Waals surface area contributed by atoms with E-state index in [1.165, 1.54) is 4.90 Å². The monoisotopic (exact) mass is 271 g/mol. The Morgan fingerprint density at radius 1 is 1.44 bits per heavy atom. The lowest BCUT2D eigenvalue weighted by Crippen LogP contribution is -2.36. The van der Waals surface area contributed by atoms with Crippen LogP contribution in [0.4, 0.5) is 4.79 Å². The Morgan fingerprint density at radius 2 is 2.11 bits per heavy atom. The van der Waals surface area contributed by atoms with E-state index in [0.29, 0.717) is 6.42 Å². The summed E-state index contributed by atoms with van der Waals surface area (Å²) in [6, 6.07) is 7.61. The van der Waals surface area contributed by atoms with Crippen LogP contribution in [0, 0.1) is 0 Å². The van der Waals surface area contributed by atoms with E-state index in [1.807, 2.05) is 31.2 Å². The molecule has 100 valence electrons. The van der Waals surface area contributed by atoms with Gasteiger partial charge in [-0.05, 0) is 25.0 Å². The molecule has 0 radical (unpaired) electrons. The van der Waals surface area contributed by atoms with Crippen molar-refractivity contribution in [1.82, 2.24) is 4.90 Å². The van der Waals surface area contributed by atoms with Gasteiger partial charge in [0.15, 0.2) is 6.07 Å². The third-order valence-corrected chi connectivity index (χ3v) is 2.94. The van der Waals surface area contributed by atoms with Gasteiger partial charge in [-0.2, -0.15) is 0 Å². The van der Waals surface area contributed by atoms with Gasteiger partial charge in [0.05, 0.1) is 7.11 Å². The number of alkyl halides is 1. The zero-order chi connectivity index (χ0) is 13.5. The van der Waals surface area contributed by atoms with Gasteiger partial charge < -0.3 is 14.4 Å². The number of nitrogens with zero attached hydrogens (tertiary/aromatic N) is 1. The first-order chi connectivity index (χ1) is 8.60. The second-order valence-electron chi connectivity index (χ2n) is 4.00. The first-order valence-electron chi connectivity index (χ1n) is 5.67. The summed E-state index contributed by atoms with van der Waals surface area (Å²) in [5.41, 5.74) is 1.05. The van der Waals surface area contributed by atoms with Crippen LogP contribution in [0.1, 0.15) is 12.5 Å². The van der Waals surface area contributed by atoms with Crippen molar-refractivity contribution < 1.29 is 14.3 Å². The molecule has 1 unspecified atom stereocenters. The summed E-state index contributed by atoms with van der Waals surface area (Å²) >= 11 is 5.36. The molecule has 0 aliphatic rings. The molecular formula is C13H18ClNO3. The lowest BCUT2D eigenvalue weighted by Gasteiger charge is -2.24. The van der Waals surface area contributed by atoms with E-state index in [2.05, 4.69) is 0 Å². The van der Waals surface area contributed by atoms with Crippen LogP contribution in [-0.4, -0.2) is 37.3 Å². The van der Waals surface area contributed by atoms with Gasteiger partial charge in [0.1, 0.15) is 5.75 Å². The molecule has 0 saturated carbocycles. The summed E-state index contributed by atoms with van der Waals surface area (Å²) in [6.45, 7) is 1.95. The molecule has 0 spiro atoms. The number of hydrogen-bond donors (Lipinski definition) is 0. The number of amides is 1. The van der Waals surface area contributed by atoms with E-state index in [4.69, 9.17) is 21.1 Å². The van der Waals surface area contributed by atoms with Gasteiger partial charge in [-0.15, -0.1) is 0 Å². The molecule has 1 amide bonds. The largest absolute Gasteiger partial charge is 0.496 e. The van der Waals surface area contributed by atoms with Gasteiger partial charge in [0, 0.05) is 13.1 Å². The van der Waals surface area contributed by atoms with E-state index in [-0.39, 0.29) is 12.1 Å². The number of ether oxygens (including phenoxy) is 2. The topological polar surface area (TPSA) is 38.8 Å². The van der Waals surface area contributed by atoms with Crippen molar-refractivity contribution in [2.24, 2.45) is 0 Å². The van der Waals surface area contributed by atoms with Gasteiger partial charge in [0.25, 0.3) is 0 Å². The second kappa shape index (κ2) is 7.11. The number of carbonyl (C=O) groups excluding carboxylic acids is 1. The molecule has 4 nitrogen and oxygen atoms in total. The molecule has 0 fully saturated rings. The SMILES string of the molecule is COc1ccccc1CC(C)N(C)C(=O)OCCl. The number of methoxy groups -OCH3 is 1. The highest BCUT2D eigenvalue weighted by Gasteiger charge is 2.18. The molecule has 0 saturated heterocycles. The smallest absolute Gasteiger partial charge is 0.410 e. The number of hydrogen-bond acceptors (Lipinski definition) is 3. The van der Waals surface area contributed by atoms with Crippen LogP contribution in [0.2, 0.25) is 0 Å². The molecule has 0 N–H and O–H groups in total. The molecule has 1 rings (SSSR count). The molecule has 0 aromatic heterocycles. The van der Waals surface area contributed by atoms with Crippen LogP contribution >= 0.6 is 11.6 Å². The molecule has 1 atom stereocenters. The molecule has 1 aromatic rings. The van der Waals surface area contributed by atoms with Gasteiger partial charge >= 0.3 is 6.09 Å². The fourth-order valence-corrected chi connectivity index (χ4v) is 1.75. The first-order valence-corrected chi connectivity index (χ1v) is 6.21. The number of halogens is 1. The third kappa shape index (κ3) is 3.81. The Hall–Kier alpha value is -1.42. The minimum Gasteiger partial charge on any atom is -0.496 e. The molecule has 0 bridgehead atoms. The highest BCUT2D eigenvalue weighted by molar-refractivity contribution is 6.17. The Morgan fingerprint density at radius 3 is 2.72 bits per heavy atom. The number of para-hydroxylation sites is 1. The van der Waals surface area contributed by atoms with Gasteiger partial charge in [-0.1, -0.05) is 29.8 Å². The van der Waals surface area contributed by atoms with Crippen LogP contribution < -0.4 is 4.74 Å². The summed E-state index contributed by atoms with van der Waals surface area (Å²) in [4.78, 5) is 13.0. The van der Waals surface area contributed by atoms with Crippen molar-refractivity contribution in [1.29, 1.82) is 0 Å². The number of likely N-dealkylation sites (N-methyl/N-ethyl adjacent to an activating group) is 1. The average Bonchev–Trinajstić information content (AvgIpc) is 2.38. The van der Waals surface area contributed by atoms with Gasteiger partial charge in [-0.25, -0.2) is 4.79 Å². The van der Waals surface area contributed by atoms with Crippen molar-refractivity contribution in [3.63, 3.8) is 0 Å². The normalized spacial score (nSPS) is 11.8. The van der Waals surface area contributed by atoms with Crippen molar-refractivity contribution in [3.05, 3.63) is 29.8 Å². The maximum atomic E-state index is 11.5. The molecule has 5 heteroatoms. The lowest BCUT2D eigenvalue weighted by molar-refractivity contribution is 0.114. The summed E-state index contributed by atoms with van der Waals surface area (Å²) < 4.78 is 10.0. The minimum atomic E-state index is -0.424. The second-order valence-corrected chi connectivity index (χ2v) is 4.21. The van der Waals surface area contributed by atoms with Gasteiger partial charge in [-0.3, -0.25) is 0 Å². The van der Waals surface area contributed by atoms with Gasteiger partial charge in [0.2, 0.25) is 0 Å². The highest BCUT2D eigenvalue weighted by atomic mass is 35.5. The van der Waals surface area contributed by atoms with E-state index in [1.54, 1.807) is 14.2 Å². The van der Waals surface area contributed by atoms with Crippen molar-refractivity contribution in [2.45, 2.75) is 19.4 Å². The van der Waals surface area contributed by atoms with E-state index in [9.17, 15) is 4.79 Å². The molecule has 1 aromatic carbocycles. The lowest BCUT2D eigenvalue weighted by atomic mass is 10.1. The van der Waals surface area contributed by atoms with E-state index < -0.39 is 6.09 Å². The van der Waals surface area contributed by atoms with Crippen molar-refractivity contribution in [3.8, 4) is 5.75 Å². The number of rotatable bonds is 5. The standard InChI is InChI=1S/C13H18ClNO3/c1-10(15(2)13(16)18-9-14)8-11-6-4-5-7-12(11)17-3/h4-7,10H,8-9H2,1-3H3. The van der Waals surface area contributed by atoms with E-state index in [0.717, 1.165) is 11.3 Å². The third-order valence-electron chi connectivity index (χ3n) is 2.84. The van der Waals surface area contributed by atoms with Crippen LogP contribution in [0.5, 0.6) is 5.75 Å². The maximum absolute atomic E-state index is 11.5. The Balaban J connectivity index is 2.69. The summed E-state index contributed by atoms with van der Waals surface area (Å²) in [5, 5.41) is 0. The highest BCUT2D eigenvalue weighted by Crippen LogP contribution is 2.20. The predicted octanol–water partition coefficient (Wildman–Crippen LogP) is 2.89. The quantitative estimate of drug-likeness (QED) is 0.773. The maximum Gasteiger partial charge on any atom is 0.410 e. The molecule has 0 aliphatic carbocycles. The predicted molar refractivity (Wildman–Crippen MR) is 71.1 cm³/mol. The molecule has 0 aliphatic heterocycles. The minimum absolute atomic E-state index is 0.00276. The Kier molecular flexibility index (Phi) is 5.78. The average molecular weight is 272 g/mol. The first kappa shape index (κ1) is 14.6. The van der Waals surface area contributed by atoms with Crippen molar-refractivity contribution >= 4 is 17.7 Å². The van der Waals surface area contributed by atoms with Crippen molar-refractivity contribution in [2.75, 3.05) is 20.2 Å². The fraction of sp³-hybridized carbons (Fsp3) is 0.462. The van der Waals surface area contributed by atoms with Crippen LogP contribution in [0.25, 0.3) is 0 Å².